The number of benzene rings is 2. The van der Waals surface area contributed by atoms with Gasteiger partial charge in [-0.25, -0.2) is 4.98 Å². The van der Waals surface area contributed by atoms with Crippen molar-refractivity contribution in [2.45, 2.75) is 25.9 Å². The number of hydrogen-bond acceptors (Lipinski definition) is 3. The second-order valence-electron chi connectivity index (χ2n) is 6.74. The second kappa shape index (κ2) is 6.69. The Morgan fingerprint density at radius 1 is 0.960 bits per heavy atom. The number of anilines is 1. The smallest absolute Gasteiger partial charge is 0.131 e. The van der Waals surface area contributed by atoms with E-state index in [1.54, 1.807) is 0 Å². The summed E-state index contributed by atoms with van der Waals surface area (Å²) >= 11 is 0. The van der Waals surface area contributed by atoms with Gasteiger partial charge in [0.25, 0.3) is 0 Å². The number of fused-ring (bicyclic) bond motifs is 1. The molecular weight excluding hydrogens is 306 g/mol. The molecule has 3 aromatic rings. The fraction of sp³-hybridized carbons (Fsp3) is 0.227. The standard InChI is InChI=1S/C22H23N3/c1-16-13-20(21(23)18-8-3-2-4-9-18)14-24-22(16)25-12-11-17-7-5-6-10-19(17)15-25/h2-10,13-14,21H,11-12,15,23H2,1H3. The molecule has 126 valence electrons. The molecule has 0 fully saturated rings. The molecule has 1 aromatic heterocycles. The molecule has 0 saturated carbocycles. The highest BCUT2D eigenvalue weighted by Crippen LogP contribution is 2.28. The van der Waals surface area contributed by atoms with Gasteiger partial charge in [-0.3, -0.25) is 0 Å². The molecule has 1 aliphatic rings. The fourth-order valence-corrected chi connectivity index (χ4v) is 3.62. The second-order valence-corrected chi connectivity index (χ2v) is 6.74. The summed E-state index contributed by atoms with van der Waals surface area (Å²) in [6, 6.07) is 20.9. The van der Waals surface area contributed by atoms with Crippen LogP contribution in [0, 0.1) is 6.92 Å². The maximum Gasteiger partial charge on any atom is 0.131 e. The van der Waals surface area contributed by atoms with Crippen molar-refractivity contribution in [2.75, 3.05) is 11.4 Å². The molecule has 2 aromatic carbocycles. The van der Waals surface area contributed by atoms with E-state index in [4.69, 9.17) is 10.7 Å². The topological polar surface area (TPSA) is 42.1 Å². The lowest BCUT2D eigenvalue weighted by Crippen LogP contribution is -2.31. The van der Waals surface area contributed by atoms with E-state index in [2.05, 4.69) is 54.3 Å². The summed E-state index contributed by atoms with van der Waals surface area (Å²) in [6.45, 7) is 4.06. The number of nitrogens with two attached hydrogens (primary N) is 1. The van der Waals surface area contributed by atoms with Crippen LogP contribution in [0.3, 0.4) is 0 Å². The van der Waals surface area contributed by atoms with Gasteiger partial charge in [-0.05, 0) is 47.2 Å². The Hall–Kier alpha value is -2.65. The molecule has 3 heteroatoms. The van der Waals surface area contributed by atoms with Crippen LogP contribution < -0.4 is 10.6 Å². The van der Waals surface area contributed by atoms with Gasteiger partial charge in [-0.1, -0.05) is 54.6 Å². The van der Waals surface area contributed by atoms with Crippen molar-refractivity contribution in [3.05, 3.63) is 94.7 Å². The van der Waals surface area contributed by atoms with Crippen LogP contribution in [0.5, 0.6) is 0 Å². The molecule has 1 unspecified atom stereocenters. The Morgan fingerprint density at radius 3 is 2.44 bits per heavy atom. The SMILES string of the molecule is Cc1cc(C(N)c2ccccc2)cnc1N1CCc2ccccc2C1. The molecular formula is C22H23N3. The summed E-state index contributed by atoms with van der Waals surface area (Å²) in [5.41, 5.74) is 12.6. The molecule has 0 amide bonds. The Balaban J connectivity index is 1.59. The molecule has 25 heavy (non-hydrogen) atoms. The summed E-state index contributed by atoms with van der Waals surface area (Å²) in [5, 5.41) is 0. The van der Waals surface area contributed by atoms with E-state index in [-0.39, 0.29) is 6.04 Å². The Bertz CT molecular complexity index is 873. The van der Waals surface area contributed by atoms with E-state index in [1.807, 2.05) is 24.4 Å². The highest BCUT2D eigenvalue weighted by atomic mass is 15.2. The van der Waals surface area contributed by atoms with Crippen LogP contribution in [0.4, 0.5) is 5.82 Å². The number of aryl methyl sites for hydroxylation is 1. The minimum absolute atomic E-state index is 0.136. The molecule has 0 spiro atoms. The van der Waals surface area contributed by atoms with E-state index >= 15 is 0 Å². The van der Waals surface area contributed by atoms with Gasteiger partial charge in [0.1, 0.15) is 5.82 Å². The highest BCUT2D eigenvalue weighted by molar-refractivity contribution is 5.51. The first-order chi connectivity index (χ1) is 12.2. The van der Waals surface area contributed by atoms with Crippen LogP contribution in [0.1, 0.15) is 33.9 Å². The van der Waals surface area contributed by atoms with Crippen LogP contribution in [-0.4, -0.2) is 11.5 Å². The first kappa shape index (κ1) is 15.9. The molecule has 0 saturated heterocycles. The van der Waals surface area contributed by atoms with Gasteiger partial charge in [0.2, 0.25) is 0 Å². The fourth-order valence-electron chi connectivity index (χ4n) is 3.62. The Kier molecular flexibility index (Phi) is 4.24. The van der Waals surface area contributed by atoms with Crippen LogP contribution in [-0.2, 0) is 13.0 Å². The lowest BCUT2D eigenvalue weighted by atomic mass is 9.98. The Morgan fingerprint density at radius 2 is 1.68 bits per heavy atom. The number of rotatable bonds is 3. The molecule has 0 aliphatic carbocycles. The zero-order valence-corrected chi connectivity index (χ0v) is 14.5. The van der Waals surface area contributed by atoms with Gasteiger partial charge in [0.05, 0.1) is 6.04 Å². The lowest BCUT2D eigenvalue weighted by Gasteiger charge is -2.31. The summed E-state index contributed by atoms with van der Waals surface area (Å²) in [5.74, 6) is 1.07. The number of aromatic nitrogens is 1. The van der Waals surface area contributed by atoms with Gasteiger partial charge in [-0.2, -0.15) is 0 Å². The van der Waals surface area contributed by atoms with Crippen molar-refractivity contribution in [2.24, 2.45) is 5.73 Å². The van der Waals surface area contributed by atoms with Crippen molar-refractivity contribution < 1.29 is 0 Å². The third kappa shape index (κ3) is 3.15. The third-order valence-corrected chi connectivity index (χ3v) is 5.02. The van der Waals surface area contributed by atoms with E-state index in [0.717, 1.165) is 36.5 Å². The normalized spacial score (nSPS) is 14.9. The van der Waals surface area contributed by atoms with Crippen LogP contribution in [0.2, 0.25) is 0 Å². The zero-order valence-electron chi connectivity index (χ0n) is 14.5. The average Bonchev–Trinajstić information content (AvgIpc) is 2.67. The van der Waals surface area contributed by atoms with Crippen molar-refractivity contribution in [3.8, 4) is 0 Å². The third-order valence-electron chi connectivity index (χ3n) is 5.02. The molecule has 0 radical (unpaired) electrons. The largest absolute Gasteiger partial charge is 0.352 e. The number of nitrogens with zero attached hydrogens (tertiary/aromatic N) is 2. The molecule has 0 bridgehead atoms. The summed E-state index contributed by atoms with van der Waals surface area (Å²) in [6.07, 6.45) is 3.00. The van der Waals surface area contributed by atoms with E-state index < -0.39 is 0 Å². The number of pyridine rings is 1. The maximum atomic E-state index is 6.42. The monoisotopic (exact) mass is 329 g/mol. The minimum Gasteiger partial charge on any atom is -0.352 e. The van der Waals surface area contributed by atoms with E-state index in [0.29, 0.717) is 0 Å². The zero-order chi connectivity index (χ0) is 17.2. The first-order valence-electron chi connectivity index (χ1n) is 8.81. The Labute approximate surface area is 149 Å². The van der Waals surface area contributed by atoms with Crippen molar-refractivity contribution >= 4 is 5.82 Å². The molecule has 4 rings (SSSR count). The average molecular weight is 329 g/mol. The molecule has 1 atom stereocenters. The summed E-state index contributed by atoms with van der Waals surface area (Å²) < 4.78 is 0. The number of hydrogen-bond donors (Lipinski definition) is 1. The molecule has 2 N–H and O–H groups in total. The van der Waals surface area contributed by atoms with Gasteiger partial charge in [0, 0.05) is 19.3 Å². The summed E-state index contributed by atoms with van der Waals surface area (Å²) in [7, 11) is 0. The predicted molar refractivity (Wildman–Crippen MR) is 103 cm³/mol. The van der Waals surface area contributed by atoms with Crippen molar-refractivity contribution in [1.29, 1.82) is 0 Å². The predicted octanol–water partition coefficient (Wildman–Crippen LogP) is 4.00. The maximum absolute atomic E-state index is 6.42. The molecule has 2 heterocycles. The van der Waals surface area contributed by atoms with Gasteiger partial charge < -0.3 is 10.6 Å². The van der Waals surface area contributed by atoms with E-state index in [9.17, 15) is 0 Å². The van der Waals surface area contributed by atoms with Gasteiger partial charge in [0.15, 0.2) is 0 Å². The lowest BCUT2D eigenvalue weighted by molar-refractivity contribution is 0.716. The summed E-state index contributed by atoms with van der Waals surface area (Å²) in [4.78, 5) is 7.14. The molecule has 3 nitrogen and oxygen atoms in total. The highest BCUT2D eigenvalue weighted by Gasteiger charge is 2.19. The van der Waals surface area contributed by atoms with Gasteiger partial charge in [-0.15, -0.1) is 0 Å². The van der Waals surface area contributed by atoms with Crippen LogP contribution in [0.25, 0.3) is 0 Å². The quantitative estimate of drug-likeness (QED) is 0.790. The van der Waals surface area contributed by atoms with Crippen LogP contribution in [0.15, 0.2) is 66.9 Å². The first-order valence-corrected chi connectivity index (χ1v) is 8.81. The van der Waals surface area contributed by atoms with Gasteiger partial charge >= 0.3 is 0 Å². The van der Waals surface area contributed by atoms with Crippen molar-refractivity contribution in [3.63, 3.8) is 0 Å². The van der Waals surface area contributed by atoms with E-state index in [1.165, 1.54) is 16.7 Å². The molecule has 1 aliphatic heterocycles. The van der Waals surface area contributed by atoms with Crippen LogP contribution >= 0.6 is 0 Å². The minimum atomic E-state index is -0.136. The van der Waals surface area contributed by atoms with Crippen molar-refractivity contribution in [1.82, 2.24) is 4.98 Å².